The summed E-state index contributed by atoms with van der Waals surface area (Å²) in [5, 5.41) is 8.50. The molecule has 0 saturated heterocycles. The summed E-state index contributed by atoms with van der Waals surface area (Å²) in [5.74, 6) is 4.81. The Morgan fingerprint density at radius 1 is 1.50 bits per heavy atom. The first-order valence-corrected chi connectivity index (χ1v) is 5.32. The Bertz CT molecular complexity index is 227. The van der Waals surface area contributed by atoms with Gasteiger partial charge in [-0.1, -0.05) is 0 Å². The lowest BCUT2D eigenvalue weighted by atomic mass is 10.2. The second-order valence-corrected chi connectivity index (χ2v) is 3.41. The zero-order valence-electron chi connectivity index (χ0n) is 9.74. The summed E-state index contributed by atoms with van der Waals surface area (Å²) in [7, 11) is 1.64. The standard InChI is InChI=1S/C10H20N4O2/c1-16-9-8-14(7-3-5-11)6-2-4-10(15)13-12/h2-4,6-9,12H2,1H3,(H,13,15). The number of hydrogen-bond acceptors (Lipinski definition) is 5. The highest BCUT2D eigenvalue weighted by atomic mass is 16.5. The number of amides is 1. The fraction of sp³-hybridized carbons (Fsp3) is 0.800. The first-order chi connectivity index (χ1) is 7.74. The SMILES string of the molecule is COCCN(CCC#N)CCCC(=O)NN. The van der Waals surface area contributed by atoms with Crippen molar-refractivity contribution in [1.29, 1.82) is 5.26 Å². The lowest BCUT2D eigenvalue weighted by molar-refractivity contribution is -0.121. The van der Waals surface area contributed by atoms with Crippen LogP contribution in [0.3, 0.4) is 0 Å². The topological polar surface area (TPSA) is 91.4 Å². The van der Waals surface area contributed by atoms with E-state index in [1.165, 1.54) is 0 Å². The maximum absolute atomic E-state index is 10.9. The van der Waals surface area contributed by atoms with Crippen molar-refractivity contribution in [1.82, 2.24) is 10.3 Å². The highest BCUT2D eigenvalue weighted by Gasteiger charge is 2.05. The van der Waals surface area contributed by atoms with Crippen LogP contribution in [0.2, 0.25) is 0 Å². The zero-order valence-corrected chi connectivity index (χ0v) is 9.74. The van der Waals surface area contributed by atoms with Crippen molar-refractivity contribution in [2.45, 2.75) is 19.3 Å². The number of nitrogens with one attached hydrogen (secondary N) is 1. The van der Waals surface area contributed by atoms with E-state index in [-0.39, 0.29) is 5.91 Å². The molecular formula is C10H20N4O2. The van der Waals surface area contributed by atoms with E-state index in [2.05, 4.69) is 16.4 Å². The van der Waals surface area contributed by atoms with Crippen LogP contribution in [-0.2, 0) is 9.53 Å². The van der Waals surface area contributed by atoms with Gasteiger partial charge in [0.05, 0.1) is 12.7 Å². The molecule has 0 aliphatic heterocycles. The van der Waals surface area contributed by atoms with E-state index in [4.69, 9.17) is 15.8 Å². The Hall–Kier alpha value is -1.16. The molecule has 1 amide bonds. The molecule has 6 heteroatoms. The quantitative estimate of drug-likeness (QED) is 0.319. The van der Waals surface area contributed by atoms with Gasteiger partial charge < -0.3 is 9.64 Å². The smallest absolute Gasteiger partial charge is 0.233 e. The molecule has 0 aromatic rings. The molecule has 0 aliphatic rings. The van der Waals surface area contributed by atoms with Gasteiger partial charge in [-0.2, -0.15) is 5.26 Å². The van der Waals surface area contributed by atoms with E-state index >= 15 is 0 Å². The molecule has 6 nitrogen and oxygen atoms in total. The number of nitriles is 1. The molecule has 16 heavy (non-hydrogen) atoms. The van der Waals surface area contributed by atoms with Crippen LogP contribution in [0, 0.1) is 11.3 Å². The highest BCUT2D eigenvalue weighted by molar-refractivity contribution is 5.75. The van der Waals surface area contributed by atoms with Crippen molar-refractivity contribution < 1.29 is 9.53 Å². The summed E-state index contributed by atoms with van der Waals surface area (Å²) < 4.78 is 4.98. The molecule has 0 rings (SSSR count). The van der Waals surface area contributed by atoms with E-state index < -0.39 is 0 Å². The average molecular weight is 228 g/mol. The zero-order chi connectivity index (χ0) is 12.2. The first-order valence-electron chi connectivity index (χ1n) is 5.32. The number of nitrogens with two attached hydrogens (primary N) is 1. The molecule has 0 fully saturated rings. The van der Waals surface area contributed by atoms with Gasteiger partial charge in [0.2, 0.25) is 5.91 Å². The molecule has 0 unspecified atom stereocenters. The van der Waals surface area contributed by atoms with Crippen LogP contribution in [0.5, 0.6) is 0 Å². The molecule has 0 aromatic carbocycles. The molecule has 0 atom stereocenters. The molecule has 0 aliphatic carbocycles. The number of carbonyl (C=O) groups excluding carboxylic acids is 1. The van der Waals surface area contributed by atoms with Gasteiger partial charge in [0.25, 0.3) is 0 Å². The van der Waals surface area contributed by atoms with Crippen molar-refractivity contribution in [3.8, 4) is 6.07 Å². The van der Waals surface area contributed by atoms with Gasteiger partial charge >= 0.3 is 0 Å². The van der Waals surface area contributed by atoms with Crippen molar-refractivity contribution in [2.75, 3.05) is 33.4 Å². The fourth-order valence-electron chi connectivity index (χ4n) is 1.30. The molecule has 0 heterocycles. The van der Waals surface area contributed by atoms with Crippen LogP contribution >= 0.6 is 0 Å². The number of hydrogen-bond donors (Lipinski definition) is 2. The number of ether oxygens (including phenoxy) is 1. The van der Waals surface area contributed by atoms with Crippen LogP contribution in [0.15, 0.2) is 0 Å². The third-order valence-electron chi connectivity index (χ3n) is 2.19. The summed E-state index contributed by atoms with van der Waals surface area (Å²) in [6, 6.07) is 2.10. The summed E-state index contributed by atoms with van der Waals surface area (Å²) in [6.07, 6.45) is 1.64. The van der Waals surface area contributed by atoms with Gasteiger partial charge in [0, 0.05) is 33.0 Å². The molecule has 0 spiro atoms. The van der Waals surface area contributed by atoms with Crippen LogP contribution in [-0.4, -0.2) is 44.2 Å². The number of hydrazine groups is 1. The molecule has 0 radical (unpaired) electrons. The van der Waals surface area contributed by atoms with Crippen molar-refractivity contribution in [2.24, 2.45) is 5.84 Å². The number of nitrogens with zero attached hydrogens (tertiary/aromatic N) is 2. The number of rotatable bonds is 9. The van der Waals surface area contributed by atoms with E-state index in [1.54, 1.807) is 7.11 Å². The molecular weight excluding hydrogens is 208 g/mol. The van der Waals surface area contributed by atoms with Gasteiger partial charge in [-0.15, -0.1) is 0 Å². The Labute approximate surface area is 96.3 Å². The van der Waals surface area contributed by atoms with Crippen molar-refractivity contribution >= 4 is 5.91 Å². The van der Waals surface area contributed by atoms with E-state index in [0.717, 1.165) is 19.5 Å². The van der Waals surface area contributed by atoms with Gasteiger partial charge in [-0.05, 0) is 13.0 Å². The first kappa shape index (κ1) is 14.8. The van der Waals surface area contributed by atoms with Crippen LogP contribution in [0.4, 0.5) is 0 Å². The minimum absolute atomic E-state index is 0.160. The lowest BCUT2D eigenvalue weighted by Crippen LogP contribution is -2.32. The average Bonchev–Trinajstić information content (AvgIpc) is 2.31. The summed E-state index contributed by atoms with van der Waals surface area (Å²) >= 11 is 0. The van der Waals surface area contributed by atoms with E-state index in [9.17, 15) is 4.79 Å². The Morgan fingerprint density at radius 3 is 2.81 bits per heavy atom. The predicted octanol–water partition coefficient (Wildman–Crippen LogP) is -0.381. The number of methoxy groups -OCH3 is 1. The Kier molecular flexibility index (Phi) is 9.61. The Morgan fingerprint density at radius 2 is 2.25 bits per heavy atom. The minimum atomic E-state index is -0.160. The maximum Gasteiger partial charge on any atom is 0.233 e. The van der Waals surface area contributed by atoms with E-state index in [1.807, 2.05) is 0 Å². The third kappa shape index (κ3) is 8.17. The Balaban J connectivity index is 3.73. The normalized spacial score (nSPS) is 10.1. The highest BCUT2D eigenvalue weighted by Crippen LogP contribution is 1.97. The molecule has 0 aromatic heterocycles. The molecule has 0 saturated carbocycles. The van der Waals surface area contributed by atoms with Crippen LogP contribution in [0.25, 0.3) is 0 Å². The molecule has 0 bridgehead atoms. The van der Waals surface area contributed by atoms with Crippen LogP contribution < -0.4 is 11.3 Å². The third-order valence-corrected chi connectivity index (χ3v) is 2.19. The maximum atomic E-state index is 10.9. The predicted molar refractivity (Wildman–Crippen MR) is 60.1 cm³/mol. The van der Waals surface area contributed by atoms with Crippen molar-refractivity contribution in [3.05, 3.63) is 0 Å². The number of carbonyl (C=O) groups is 1. The van der Waals surface area contributed by atoms with Gasteiger partial charge in [-0.3, -0.25) is 10.2 Å². The van der Waals surface area contributed by atoms with E-state index in [0.29, 0.717) is 26.0 Å². The molecule has 3 N–H and O–H groups in total. The van der Waals surface area contributed by atoms with Crippen molar-refractivity contribution in [3.63, 3.8) is 0 Å². The summed E-state index contributed by atoms with van der Waals surface area (Å²) in [5.41, 5.74) is 2.09. The largest absolute Gasteiger partial charge is 0.383 e. The minimum Gasteiger partial charge on any atom is -0.383 e. The lowest BCUT2D eigenvalue weighted by Gasteiger charge is -2.20. The second kappa shape index (κ2) is 10.4. The van der Waals surface area contributed by atoms with Crippen LogP contribution in [0.1, 0.15) is 19.3 Å². The van der Waals surface area contributed by atoms with Gasteiger partial charge in [0.1, 0.15) is 0 Å². The molecule has 92 valence electrons. The summed E-state index contributed by atoms with van der Waals surface area (Å²) in [4.78, 5) is 13.0. The summed E-state index contributed by atoms with van der Waals surface area (Å²) in [6.45, 7) is 2.90. The monoisotopic (exact) mass is 228 g/mol. The van der Waals surface area contributed by atoms with Gasteiger partial charge in [-0.25, -0.2) is 5.84 Å². The fourth-order valence-corrected chi connectivity index (χ4v) is 1.30. The second-order valence-electron chi connectivity index (χ2n) is 3.41. The van der Waals surface area contributed by atoms with Gasteiger partial charge in [0.15, 0.2) is 0 Å².